The lowest BCUT2D eigenvalue weighted by Gasteiger charge is -2.27. The van der Waals surface area contributed by atoms with Gasteiger partial charge in [-0.05, 0) is 48.9 Å². The molecule has 0 aliphatic carbocycles. The molecule has 0 atom stereocenters. The van der Waals surface area contributed by atoms with Crippen molar-refractivity contribution in [3.05, 3.63) is 70.5 Å². The van der Waals surface area contributed by atoms with Gasteiger partial charge in [-0.15, -0.1) is 0 Å². The van der Waals surface area contributed by atoms with Gasteiger partial charge in [0.2, 0.25) is 0 Å². The second-order valence-corrected chi connectivity index (χ2v) is 6.61. The molecule has 0 saturated heterocycles. The van der Waals surface area contributed by atoms with E-state index in [4.69, 9.17) is 17.3 Å². The Labute approximate surface area is 159 Å². The number of fused-ring (bicyclic) bond motifs is 1. The van der Waals surface area contributed by atoms with Gasteiger partial charge >= 0.3 is 5.97 Å². The predicted octanol–water partition coefficient (Wildman–Crippen LogP) is 3.01. The summed E-state index contributed by atoms with van der Waals surface area (Å²) in [6.07, 6.45) is 0.383. The van der Waals surface area contributed by atoms with E-state index in [9.17, 15) is 14.7 Å². The molecule has 3 N–H and O–H groups in total. The number of anilines is 2. The summed E-state index contributed by atoms with van der Waals surface area (Å²) in [5, 5.41) is 14.2. The van der Waals surface area contributed by atoms with Crippen LogP contribution < -0.4 is 10.6 Å². The number of carboxylic acid groups (broad SMARTS) is 1. The van der Waals surface area contributed by atoms with Gasteiger partial charge in [0, 0.05) is 28.5 Å². The minimum absolute atomic E-state index is 0.115. The molecule has 136 valence electrons. The topological polar surface area (TPSA) is 101 Å². The third kappa shape index (κ3) is 2.92. The zero-order chi connectivity index (χ0) is 19.1. The Morgan fingerprint density at radius 3 is 2.56 bits per heavy atom. The minimum Gasteiger partial charge on any atom is -0.476 e. The molecule has 2 heterocycles. The highest BCUT2D eigenvalue weighted by Crippen LogP contribution is 2.29. The first-order chi connectivity index (χ1) is 13.0. The molecule has 0 fully saturated rings. The number of nitrogens with zero attached hydrogens (tertiary/aromatic N) is 3. The van der Waals surface area contributed by atoms with Crippen molar-refractivity contribution in [3.63, 3.8) is 0 Å². The number of rotatable bonds is 3. The number of hydrogen-bond acceptors (Lipinski definition) is 4. The van der Waals surface area contributed by atoms with Gasteiger partial charge in [0.15, 0.2) is 5.69 Å². The number of aromatic nitrogens is 2. The van der Waals surface area contributed by atoms with Crippen LogP contribution in [0.15, 0.2) is 48.5 Å². The molecule has 0 bridgehead atoms. The molecule has 3 aromatic rings. The summed E-state index contributed by atoms with van der Waals surface area (Å²) in [6, 6.07) is 13.7. The molecular weight excluding hydrogens is 368 g/mol. The summed E-state index contributed by atoms with van der Waals surface area (Å²) in [5.41, 5.74) is 8.09. The smallest absolute Gasteiger partial charge is 0.356 e. The number of aromatic carboxylic acids is 1. The maximum atomic E-state index is 13.2. The lowest BCUT2D eigenvalue weighted by molar-refractivity contribution is 0.0688. The average molecular weight is 383 g/mol. The molecule has 0 unspecified atom stereocenters. The van der Waals surface area contributed by atoms with Gasteiger partial charge < -0.3 is 15.7 Å². The maximum Gasteiger partial charge on any atom is 0.356 e. The monoisotopic (exact) mass is 382 g/mol. The Balaban J connectivity index is 1.86. The number of carbonyl (C=O) groups is 2. The fourth-order valence-electron chi connectivity index (χ4n) is 3.23. The van der Waals surface area contributed by atoms with Crippen LogP contribution in [0.5, 0.6) is 0 Å². The van der Waals surface area contributed by atoms with Gasteiger partial charge in [0.05, 0.1) is 5.69 Å². The molecular formula is C19H15ClN4O3. The number of hydrogen-bond donors (Lipinski definition) is 2. The Bertz CT molecular complexity index is 1060. The highest BCUT2D eigenvalue weighted by Gasteiger charge is 2.35. The van der Waals surface area contributed by atoms with E-state index in [0.717, 1.165) is 0 Å². The second kappa shape index (κ2) is 6.44. The fourth-order valence-corrected chi connectivity index (χ4v) is 3.41. The first-order valence-corrected chi connectivity index (χ1v) is 8.62. The SMILES string of the molecule is Nc1ccc(N2CCc3c(C(=O)O)nn(-c4cccc(Cl)c4)c3C2=O)cc1. The Hall–Kier alpha value is -3.32. The van der Waals surface area contributed by atoms with Crippen molar-refractivity contribution < 1.29 is 14.7 Å². The van der Waals surface area contributed by atoms with E-state index >= 15 is 0 Å². The molecule has 1 amide bonds. The lowest BCUT2D eigenvalue weighted by atomic mass is 10.0. The summed E-state index contributed by atoms with van der Waals surface area (Å²) in [6.45, 7) is 0.358. The quantitative estimate of drug-likeness (QED) is 0.678. The number of benzene rings is 2. The van der Waals surface area contributed by atoms with Crippen LogP contribution in [0.3, 0.4) is 0 Å². The van der Waals surface area contributed by atoms with Crippen LogP contribution in [0.25, 0.3) is 5.69 Å². The largest absolute Gasteiger partial charge is 0.476 e. The van der Waals surface area contributed by atoms with Crippen LogP contribution >= 0.6 is 11.6 Å². The zero-order valence-corrected chi connectivity index (χ0v) is 14.8. The molecule has 0 radical (unpaired) electrons. The molecule has 1 aliphatic rings. The summed E-state index contributed by atoms with van der Waals surface area (Å²) in [5.74, 6) is -1.48. The Morgan fingerprint density at radius 2 is 1.89 bits per heavy atom. The number of carbonyl (C=O) groups excluding carboxylic acids is 1. The van der Waals surface area contributed by atoms with E-state index < -0.39 is 5.97 Å². The van der Waals surface area contributed by atoms with Crippen molar-refractivity contribution in [1.29, 1.82) is 0 Å². The highest BCUT2D eigenvalue weighted by atomic mass is 35.5. The van der Waals surface area contributed by atoms with Crippen LogP contribution in [0.1, 0.15) is 26.5 Å². The van der Waals surface area contributed by atoms with Gasteiger partial charge in [-0.3, -0.25) is 4.79 Å². The number of amides is 1. The maximum absolute atomic E-state index is 13.2. The molecule has 7 nitrogen and oxygen atoms in total. The summed E-state index contributed by atoms with van der Waals surface area (Å²) in [7, 11) is 0. The van der Waals surface area contributed by atoms with Crippen LogP contribution in [0.4, 0.5) is 11.4 Å². The van der Waals surface area contributed by atoms with Crippen molar-refractivity contribution in [2.45, 2.75) is 6.42 Å². The van der Waals surface area contributed by atoms with E-state index in [1.807, 2.05) is 0 Å². The van der Waals surface area contributed by atoms with Gasteiger partial charge in [0.25, 0.3) is 5.91 Å². The van der Waals surface area contributed by atoms with E-state index in [1.54, 1.807) is 53.4 Å². The van der Waals surface area contributed by atoms with E-state index in [0.29, 0.717) is 40.6 Å². The first-order valence-electron chi connectivity index (χ1n) is 8.24. The molecule has 1 aromatic heterocycles. The second-order valence-electron chi connectivity index (χ2n) is 6.17. The van der Waals surface area contributed by atoms with Gasteiger partial charge in [-0.2, -0.15) is 5.10 Å². The minimum atomic E-state index is -1.17. The number of nitrogens with two attached hydrogens (primary N) is 1. The van der Waals surface area contributed by atoms with E-state index in [-0.39, 0.29) is 17.3 Å². The van der Waals surface area contributed by atoms with Crippen molar-refractivity contribution in [1.82, 2.24) is 9.78 Å². The van der Waals surface area contributed by atoms with Crippen molar-refractivity contribution in [2.75, 3.05) is 17.2 Å². The summed E-state index contributed by atoms with van der Waals surface area (Å²) in [4.78, 5) is 26.5. The van der Waals surface area contributed by atoms with Gasteiger partial charge in [-0.1, -0.05) is 17.7 Å². The molecule has 27 heavy (non-hydrogen) atoms. The molecule has 2 aromatic carbocycles. The summed E-state index contributed by atoms with van der Waals surface area (Å²) >= 11 is 6.06. The number of halogens is 1. The lowest BCUT2D eigenvalue weighted by Crippen LogP contribution is -2.39. The Morgan fingerprint density at radius 1 is 1.15 bits per heavy atom. The molecule has 4 rings (SSSR count). The van der Waals surface area contributed by atoms with Crippen LogP contribution in [-0.4, -0.2) is 33.3 Å². The van der Waals surface area contributed by atoms with Crippen molar-refractivity contribution in [3.8, 4) is 5.69 Å². The van der Waals surface area contributed by atoms with Crippen LogP contribution in [-0.2, 0) is 6.42 Å². The van der Waals surface area contributed by atoms with Crippen LogP contribution in [0.2, 0.25) is 5.02 Å². The zero-order valence-electron chi connectivity index (χ0n) is 14.1. The number of nitrogen functional groups attached to an aromatic ring is 1. The van der Waals surface area contributed by atoms with Crippen LogP contribution in [0, 0.1) is 0 Å². The third-order valence-electron chi connectivity index (χ3n) is 4.48. The molecule has 8 heteroatoms. The van der Waals surface area contributed by atoms with E-state index in [1.165, 1.54) is 4.68 Å². The molecule has 1 aliphatic heterocycles. The van der Waals surface area contributed by atoms with Gasteiger partial charge in [0.1, 0.15) is 5.69 Å². The predicted molar refractivity (Wildman–Crippen MR) is 102 cm³/mol. The van der Waals surface area contributed by atoms with Crippen molar-refractivity contribution in [2.24, 2.45) is 0 Å². The third-order valence-corrected chi connectivity index (χ3v) is 4.71. The van der Waals surface area contributed by atoms with Gasteiger partial charge in [-0.25, -0.2) is 9.48 Å². The Kier molecular flexibility index (Phi) is 4.08. The first kappa shape index (κ1) is 17.1. The molecule has 0 saturated carbocycles. The fraction of sp³-hybridized carbons (Fsp3) is 0.105. The standard InChI is InChI=1S/C19H15ClN4O3/c20-11-2-1-3-14(10-11)24-17-15(16(22-24)19(26)27)8-9-23(18(17)25)13-6-4-12(21)5-7-13/h1-7,10H,8-9,21H2,(H,26,27). The van der Waals surface area contributed by atoms with Crippen molar-refractivity contribution >= 4 is 34.9 Å². The highest BCUT2D eigenvalue weighted by molar-refractivity contribution is 6.30. The number of carboxylic acids is 1. The normalized spacial score (nSPS) is 13.5. The summed E-state index contributed by atoms with van der Waals surface area (Å²) < 4.78 is 1.36. The average Bonchev–Trinajstić information content (AvgIpc) is 3.04. The van der Waals surface area contributed by atoms with E-state index in [2.05, 4.69) is 5.10 Å². The molecule has 0 spiro atoms.